The summed E-state index contributed by atoms with van der Waals surface area (Å²) in [6, 6.07) is 7.49. The Morgan fingerprint density at radius 2 is 2.05 bits per heavy atom. The Kier molecular flexibility index (Phi) is 3.84. The zero-order valence-electron chi connectivity index (χ0n) is 11.0. The summed E-state index contributed by atoms with van der Waals surface area (Å²) in [6.07, 6.45) is 0. The number of phenolic OH excluding ortho intramolecular Hbond substituents is 1. The lowest BCUT2D eigenvalue weighted by Gasteiger charge is -2.08. The van der Waals surface area contributed by atoms with Crippen molar-refractivity contribution in [3.05, 3.63) is 63.5 Å². The molecule has 7 heteroatoms. The van der Waals surface area contributed by atoms with Gasteiger partial charge < -0.3 is 10.4 Å². The van der Waals surface area contributed by atoms with Gasteiger partial charge in [0.1, 0.15) is 11.6 Å². The molecule has 0 aliphatic rings. The number of carbonyl (C=O) groups excluding carboxylic acids is 1. The molecule has 0 atom stereocenters. The van der Waals surface area contributed by atoms with Crippen molar-refractivity contribution in [2.75, 3.05) is 5.32 Å². The Hall–Kier alpha value is -2.96. The third-order valence-corrected chi connectivity index (χ3v) is 2.88. The monoisotopic (exact) mass is 290 g/mol. The first-order valence-electron chi connectivity index (χ1n) is 5.94. The normalized spacial score (nSPS) is 10.2. The van der Waals surface area contributed by atoms with Crippen LogP contribution in [0.5, 0.6) is 5.75 Å². The maximum atomic E-state index is 13.8. The number of non-ortho nitro benzene ring substituents is 1. The van der Waals surface area contributed by atoms with E-state index in [-0.39, 0.29) is 22.7 Å². The Morgan fingerprint density at radius 1 is 1.33 bits per heavy atom. The number of nitro groups is 1. The number of phenols is 1. The van der Waals surface area contributed by atoms with Crippen LogP contribution in [0, 0.1) is 22.9 Å². The number of amides is 1. The molecule has 2 aromatic carbocycles. The maximum Gasteiger partial charge on any atom is 0.271 e. The van der Waals surface area contributed by atoms with Crippen LogP contribution in [0.15, 0.2) is 36.4 Å². The lowest BCUT2D eigenvalue weighted by Crippen LogP contribution is -2.14. The summed E-state index contributed by atoms with van der Waals surface area (Å²) < 4.78 is 13.8. The van der Waals surface area contributed by atoms with Gasteiger partial charge in [0.25, 0.3) is 11.6 Å². The summed E-state index contributed by atoms with van der Waals surface area (Å²) in [5, 5.41) is 22.5. The van der Waals surface area contributed by atoms with Gasteiger partial charge in [0.05, 0.1) is 16.2 Å². The summed E-state index contributed by atoms with van der Waals surface area (Å²) in [5.74, 6) is -1.83. The second-order valence-corrected chi connectivity index (χ2v) is 4.35. The van der Waals surface area contributed by atoms with Crippen LogP contribution in [0.2, 0.25) is 0 Å². The lowest BCUT2D eigenvalue weighted by molar-refractivity contribution is -0.384. The fourth-order valence-electron chi connectivity index (χ4n) is 1.75. The van der Waals surface area contributed by atoms with Crippen molar-refractivity contribution in [2.24, 2.45) is 0 Å². The van der Waals surface area contributed by atoms with Crippen molar-refractivity contribution < 1.29 is 19.2 Å². The number of nitro benzene ring substituents is 1. The first kappa shape index (κ1) is 14.4. The van der Waals surface area contributed by atoms with E-state index in [0.29, 0.717) is 5.56 Å². The van der Waals surface area contributed by atoms with Gasteiger partial charge in [-0.25, -0.2) is 4.39 Å². The summed E-state index contributed by atoms with van der Waals surface area (Å²) in [5.41, 5.74) is -0.366. The van der Waals surface area contributed by atoms with Gasteiger partial charge in [-0.1, -0.05) is 12.1 Å². The molecule has 2 aromatic rings. The molecular formula is C14H11FN2O4. The van der Waals surface area contributed by atoms with Crippen molar-refractivity contribution in [1.29, 1.82) is 0 Å². The number of hydrogen-bond acceptors (Lipinski definition) is 4. The van der Waals surface area contributed by atoms with E-state index in [1.54, 1.807) is 0 Å². The zero-order chi connectivity index (χ0) is 15.6. The highest BCUT2D eigenvalue weighted by Crippen LogP contribution is 2.28. The van der Waals surface area contributed by atoms with E-state index in [4.69, 9.17) is 0 Å². The highest BCUT2D eigenvalue weighted by molar-refractivity contribution is 6.05. The van der Waals surface area contributed by atoms with Crippen molar-refractivity contribution in [1.82, 2.24) is 0 Å². The molecule has 0 radical (unpaired) electrons. The molecule has 108 valence electrons. The van der Waals surface area contributed by atoms with Crippen LogP contribution in [-0.4, -0.2) is 15.9 Å². The Balaban J connectivity index is 2.33. The highest BCUT2D eigenvalue weighted by atomic mass is 19.1. The van der Waals surface area contributed by atoms with Gasteiger partial charge in [-0.05, 0) is 24.6 Å². The third-order valence-electron chi connectivity index (χ3n) is 2.88. The summed E-state index contributed by atoms with van der Waals surface area (Å²) in [6.45, 7) is 1.51. The number of carbonyl (C=O) groups is 1. The van der Waals surface area contributed by atoms with E-state index in [1.807, 2.05) is 0 Å². The average Bonchev–Trinajstić information content (AvgIpc) is 2.43. The van der Waals surface area contributed by atoms with Gasteiger partial charge in [-0.15, -0.1) is 0 Å². The first-order valence-corrected chi connectivity index (χ1v) is 5.94. The largest absolute Gasteiger partial charge is 0.506 e. The molecular weight excluding hydrogens is 279 g/mol. The molecule has 0 heterocycles. The first-order chi connectivity index (χ1) is 9.90. The van der Waals surface area contributed by atoms with Crippen molar-refractivity contribution in [2.45, 2.75) is 6.92 Å². The smallest absolute Gasteiger partial charge is 0.271 e. The SMILES string of the molecule is Cc1cccc(C(=O)Nc2cc([N+](=O)[O-])ccc2O)c1F. The van der Waals surface area contributed by atoms with Gasteiger partial charge in [0.15, 0.2) is 0 Å². The number of halogens is 1. The van der Waals surface area contributed by atoms with Crippen LogP contribution < -0.4 is 5.32 Å². The molecule has 0 aliphatic heterocycles. The van der Waals surface area contributed by atoms with Gasteiger partial charge in [-0.2, -0.15) is 0 Å². The zero-order valence-corrected chi connectivity index (χ0v) is 11.0. The molecule has 0 bridgehead atoms. The molecule has 0 fully saturated rings. The van der Waals surface area contributed by atoms with E-state index < -0.39 is 16.6 Å². The predicted octanol–water partition coefficient (Wildman–Crippen LogP) is 3.00. The summed E-state index contributed by atoms with van der Waals surface area (Å²) in [7, 11) is 0. The quantitative estimate of drug-likeness (QED) is 0.516. The number of nitrogens with zero attached hydrogens (tertiary/aromatic N) is 1. The van der Waals surface area contributed by atoms with E-state index in [0.717, 1.165) is 18.2 Å². The molecule has 0 spiro atoms. The number of anilines is 1. The second-order valence-electron chi connectivity index (χ2n) is 4.35. The molecule has 0 unspecified atom stereocenters. The van der Waals surface area contributed by atoms with Gasteiger partial charge >= 0.3 is 0 Å². The molecule has 2 rings (SSSR count). The number of nitrogens with one attached hydrogen (secondary N) is 1. The Labute approximate surface area is 119 Å². The number of aryl methyl sites for hydroxylation is 1. The van der Waals surface area contributed by atoms with Crippen LogP contribution >= 0.6 is 0 Å². The van der Waals surface area contributed by atoms with Crippen LogP contribution in [0.25, 0.3) is 0 Å². The van der Waals surface area contributed by atoms with Crippen LogP contribution in [0.4, 0.5) is 15.8 Å². The highest BCUT2D eigenvalue weighted by Gasteiger charge is 2.17. The second kappa shape index (κ2) is 5.58. The molecule has 6 nitrogen and oxygen atoms in total. The standard InChI is InChI=1S/C14H11FN2O4/c1-8-3-2-4-10(13(8)15)14(19)16-11-7-9(17(20)21)5-6-12(11)18/h2-7,18H,1H3,(H,16,19). The van der Waals surface area contributed by atoms with E-state index in [9.17, 15) is 24.4 Å². The number of rotatable bonds is 3. The molecule has 2 N–H and O–H groups in total. The minimum Gasteiger partial charge on any atom is -0.506 e. The number of hydrogen-bond donors (Lipinski definition) is 2. The van der Waals surface area contributed by atoms with Crippen LogP contribution in [0.1, 0.15) is 15.9 Å². The number of benzene rings is 2. The Bertz CT molecular complexity index is 731. The topological polar surface area (TPSA) is 92.5 Å². The summed E-state index contributed by atoms with van der Waals surface area (Å²) >= 11 is 0. The van der Waals surface area contributed by atoms with Crippen LogP contribution in [0.3, 0.4) is 0 Å². The molecule has 0 saturated carbocycles. The fraction of sp³-hybridized carbons (Fsp3) is 0.0714. The van der Waals surface area contributed by atoms with Crippen molar-refractivity contribution >= 4 is 17.3 Å². The molecule has 0 aromatic heterocycles. The molecule has 0 saturated heterocycles. The summed E-state index contributed by atoms with van der Waals surface area (Å²) in [4.78, 5) is 22.0. The van der Waals surface area contributed by atoms with E-state index in [2.05, 4.69) is 5.32 Å². The molecule has 0 aliphatic carbocycles. The molecule has 1 amide bonds. The average molecular weight is 290 g/mol. The Morgan fingerprint density at radius 3 is 2.71 bits per heavy atom. The maximum absolute atomic E-state index is 13.8. The van der Waals surface area contributed by atoms with E-state index in [1.165, 1.54) is 25.1 Å². The minimum atomic E-state index is -0.799. The predicted molar refractivity (Wildman–Crippen MR) is 73.9 cm³/mol. The molecule has 21 heavy (non-hydrogen) atoms. The van der Waals surface area contributed by atoms with Crippen molar-refractivity contribution in [3.8, 4) is 5.75 Å². The minimum absolute atomic E-state index is 0.157. The van der Waals surface area contributed by atoms with Gasteiger partial charge in [-0.3, -0.25) is 14.9 Å². The van der Waals surface area contributed by atoms with Crippen molar-refractivity contribution in [3.63, 3.8) is 0 Å². The van der Waals surface area contributed by atoms with Crippen LogP contribution in [-0.2, 0) is 0 Å². The third kappa shape index (κ3) is 2.97. The van der Waals surface area contributed by atoms with Gasteiger partial charge in [0.2, 0.25) is 0 Å². The fourth-order valence-corrected chi connectivity index (χ4v) is 1.75. The number of aromatic hydroxyl groups is 1. The van der Waals surface area contributed by atoms with E-state index >= 15 is 0 Å². The lowest BCUT2D eigenvalue weighted by atomic mass is 10.1. The van der Waals surface area contributed by atoms with Gasteiger partial charge in [0, 0.05) is 12.1 Å².